The highest BCUT2D eigenvalue weighted by molar-refractivity contribution is 6.19. The van der Waals surface area contributed by atoms with Gasteiger partial charge < -0.3 is 28.8 Å². The molecule has 1 atom stereocenters. The zero-order valence-corrected chi connectivity index (χ0v) is 26.2. The average Bonchev–Trinajstić information content (AvgIpc) is 3.46. The first kappa shape index (κ1) is 33.6. The fourth-order valence-corrected chi connectivity index (χ4v) is 5.27. The van der Waals surface area contributed by atoms with Gasteiger partial charge in [0.2, 0.25) is 11.8 Å². The van der Waals surface area contributed by atoms with E-state index in [4.69, 9.17) is 9.15 Å². The maximum Gasteiger partial charge on any atom is 0.261 e. The Balaban J connectivity index is 0.00000253. The molecule has 0 spiro atoms. The summed E-state index contributed by atoms with van der Waals surface area (Å²) in [5.41, 5.74) is 1.77. The van der Waals surface area contributed by atoms with Crippen molar-refractivity contribution in [1.82, 2.24) is 14.9 Å². The Kier molecular flexibility index (Phi) is 11.0. The van der Waals surface area contributed by atoms with E-state index in [9.17, 15) is 14.4 Å². The predicted octanol–water partition coefficient (Wildman–Crippen LogP) is 4.99. The highest BCUT2D eigenvalue weighted by Gasteiger charge is 2.44. The van der Waals surface area contributed by atoms with Crippen LogP contribution in [0.25, 0.3) is 11.0 Å². The lowest BCUT2D eigenvalue weighted by Gasteiger charge is -2.25. The summed E-state index contributed by atoms with van der Waals surface area (Å²) in [4.78, 5) is 45.9. The minimum absolute atomic E-state index is 0. The molecule has 0 aliphatic carbocycles. The number of rotatable bonds is 10. The number of carbonyl (C=O) groups is 2. The molecule has 1 aliphatic heterocycles. The van der Waals surface area contributed by atoms with Crippen LogP contribution >= 0.6 is 24.8 Å². The molecular formula is C31H37Cl2N5O5. The van der Waals surface area contributed by atoms with Gasteiger partial charge in [-0.05, 0) is 75.2 Å². The molecule has 12 heteroatoms. The van der Waals surface area contributed by atoms with E-state index < -0.39 is 5.41 Å². The number of pyridine rings is 2. The molecule has 43 heavy (non-hydrogen) atoms. The molecule has 4 aromatic rings. The largest absolute Gasteiger partial charge is 0.493 e. The molecule has 10 nitrogen and oxygen atoms in total. The summed E-state index contributed by atoms with van der Waals surface area (Å²) in [6, 6.07) is 12.9. The number of nitrogens with one attached hydrogen (secondary N) is 1. The molecule has 0 fully saturated rings. The van der Waals surface area contributed by atoms with Crippen molar-refractivity contribution in [2.45, 2.75) is 39.3 Å². The van der Waals surface area contributed by atoms with E-state index in [0.717, 1.165) is 12.0 Å². The van der Waals surface area contributed by atoms with Gasteiger partial charge in [0.05, 0.1) is 29.6 Å². The van der Waals surface area contributed by atoms with Crippen molar-refractivity contribution in [3.63, 3.8) is 0 Å². The number of hydrogen-bond donors (Lipinski definition) is 1. The van der Waals surface area contributed by atoms with Crippen LogP contribution in [0.2, 0.25) is 0 Å². The SMILES string of the molecule is CN1C(=O)C(C)(C)C(=O)N(C)c2cc(OCCCNC(CCn3ccc4occc4c3=O)c3ccncc3)ccc21.Cl.Cl. The molecule has 1 aromatic carbocycles. The molecule has 4 heterocycles. The van der Waals surface area contributed by atoms with Crippen molar-refractivity contribution in [2.24, 2.45) is 5.41 Å². The number of amides is 2. The topological polar surface area (TPSA) is 110 Å². The van der Waals surface area contributed by atoms with Crippen molar-refractivity contribution in [3.8, 4) is 5.75 Å². The van der Waals surface area contributed by atoms with Gasteiger partial charge >= 0.3 is 0 Å². The summed E-state index contributed by atoms with van der Waals surface area (Å²) in [6.45, 7) is 5.00. The molecule has 1 unspecified atom stereocenters. The van der Waals surface area contributed by atoms with Gasteiger partial charge in [-0.3, -0.25) is 19.4 Å². The van der Waals surface area contributed by atoms with Crippen molar-refractivity contribution >= 4 is 59.0 Å². The highest BCUT2D eigenvalue weighted by Crippen LogP contribution is 2.39. The van der Waals surface area contributed by atoms with E-state index in [2.05, 4.69) is 10.3 Å². The van der Waals surface area contributed by atoms with E-state index in [-0.39, 0.29) is 48.2 Å². The number of hydrogen-bond acceptors (Lipinski definition) is 7. The second-order valence-corrected chi connectivity index (χ2v) is 10.8. The number of halogens is 2. The van der Waals surface area contributed by atoms with Crippen molar-refractivity contribution in [2.75, 3.05) is 37.0 Å². The van der Waals surface area contributed by atoms with E-state index >= 15 is 0 Å². The molecule has 0 saturated heterocycles. The lowest BCUT2D eigenvalue weighted by molar-refractivity contribution is -0.137. The zero-order chi connectivity index (χ0) is 29.1. The first-order chi connectivity index (χ1) is 19.7. The molecule has 0 bridgehead atoms. The Hall–Kier alpha value is -3.86. The first-order valence-corrected chi connectivity index (χ1v) is 13.7. The van der Waals surface area contributed by atoms with E-state index in [1.54, 1.807) is 63.2 Å². The highest BCUT2D eigenvalue weighted by atomic mass is 35.5. The molecular weight excluding hydrogens is 593 g/mol. The van der Waals surface area contributed by atoms with Crippen LogP contribution in [-0.4, -0.2) is 48.6 Å². The van der Waals surface area contributed by atoms with Gasteiger partial charge in [0.15, 0.2) is 0 Å². The minimum atomic E-state index is -1.15. The van der Waals surface area contributed by atoms with Crippen LogP contribution in [0, 0.1) is 5.41 Å². The Morgan fingerprint density at radius 2 is 1.65 bits per heavy atom. The summed E-state index contributed by atoms with van der Waals surface area (Å²) >= 11 is 0. The lowest BCUT2D eigenvalue weighted by Crippen LogP contribution is -2.46. The quantitative estimate of drug-likeness (QED) is 0.194. The predicted molar refractivity (Wildman–Crippen MR) is 172 cm³/mol. The Labute approximate surface area is 262 Å². The van der Waals surface area contributed by atoms with Crippen LogP contribution in [0.15, 0.2) is 76.5 Å². The number of aromatic nitrogens is 2. The van der Waals surface area contributed by atoms with Crippen LogP contribution in [0.1, 0.15) is 38.3 Å². The summed E-state index contributed by atoms with van der Waals surface area (Å²) in [5.74, 6) is 0.121. The van der Waals surface area contributed by atoms with E-state index in [1.165, 1.54) is 16.1 Å². The smallest absolute Gasteiger partial charge is 0.261 e. The monoisotopic (exact) mass is 629 g/mol. The zero-order valence-electron chi connectivity index (χ0n) is 24.6. The minimum Gasteiger partial charge on any atom is -0.493 e. The van der Waals surface area contributed by atoms with Crippen LogP contribution in [-0.2, 0) is 16.1 Å². The molecule has 0 saturated carbocycles. The Bertz CT molecular complexity index is 1620. The van der Waals surface area contributed by atoms with Crippen molar-refractivity contribution in [3.05, 3.63) is 83.2 Å². The Morgan fingerprint density at radius 3 is 2.37 bits per heavy atom. The molecule has 0 radical (unpaired) electrons. The second kappa shape index (κ2) is 14.1. The number of benzene rings is 1. The van der Waals surface area contributed by atoms with Crippen LogP contribution < -0.4 is 25.4 Å². The molecule has 2 amide bonds. The maximum atomic E-state index is 13.0. The first-order valence-electron chi connectivity index (χ1n) is 13.7. The third-order valence-electron chi connectivity index (χ3n) is 7.69. The molecule has 3 aromatic heterocycles. The van der Waals surface area contributed by atoms with E-state index in [1.807, 2.05) is 30.3 Å². The summed E-state index contributed by atoms with van der Waals surface area (Å²) in [5, 5.41) is 4.17. The maximum absolute atomic E-state index is 13.0. The van der Waals surface area contributed by atoms with Crippen LogP contribution in [0.3, 0.4) is 0 Å². The third kappa shape index (κ3) is 6.87. The van der Waals surface area contributed by atoms with Gasteiger partial charge in [0, 0.05) is 51.3 Å². The van der Waals surface area contributed by atoms with Gasteiger partial charge in [-0.25, -0.2) is 0 Å². The third-order valence-corrected chi connectivity index (χ3v) is 7.69. The number of furan rings is 1. The van der Waals surface area contributed by atoms with E-state index in [0.29, 0.717) is 54.2 Å². The number of carbonyl (C=O) groups excluding carboxylic acids is 2. The lowest BCUT2D eigenvalue weighted by atomic mass is 9.90. The fourth-order valence-electron chi connectivity index (χ4n) is 5.27. The normalized spacial score (nSPS) is 14.9. The van der Waals surface area contributed by atoms with Crippen molar-refractivity contribution < 1.29 is 18.7 Å². The van der Waals surface area contributed by atoms with Gasteiger partial charge in [0.1, 0.15) is 16.7 Å². The van der Waals surface area contributed by atoms with Gasteiger partial charge in [-0.15, -0.1) is 24.8 Å². The molecule has 230 valence electrons. The van der Waals surface area contributed by atoms with Gasteiger partial charge in [-0.1, -0.05) is 0 Å². The van der Waals surface area contributed by atoms with Crippen molar-refractivity contribution in [1.29, 1.82) is 0 Å². The average molecular weight is 631 g/mol. The number of nitrogens with zero attached hydrogens (tertiary/aromatic N) is 4. The van der Waals surface area contributed by atoms with Crippen LogP contribution in [0.4, 0.5) is 11.4 Å². The number of anilines is 2. The number of fused-ring (bicyclic) bond motifs is 2. The summed E-state index contributed by atoms with van der Waals surface area (Å²) in [7, 11) is 3.37. The Morgan fingerprint density at radius 1 is 0.953 bits per heavy atom. The standard InChI is InChI=1S/C31H35N5O5.2ClH/c1-31(2)29(38)34(3)25-7-6-22(20-26(25)35(4)30(31)39)40-18-5-13-33-24(21-8-14-32-15-9-21)10-16-36-17-11-27-23(28(36)37)12-19-41-27;;/h6-9,11-12,14-15,17,19-20,24,33H,5,10,13,16,18H2,1-4H3;2*1H. The molecule has 1 N–H and O–H groups in total. The van der Waals surface area contributed by atoms with Crippen LogP contribution in [0.5, 0.6) is 5.75 Å². The second-order valence-electron chi connectivity index (χ2n) is 10.8. The van der Waals surface area contributed by atoms with Gasteiger partial charge in [-0.2, -0.15) is 0 Å². The summed E-state index contributed by atoms with van der Waals surface area (Å²) < 4.78 is 13.1. The number of aryl methyl sites for hydroxylation is 1. The fraction of sp³-hybridized carbons (Fsp3) is 0.355. The number of ether oxygens (including phenoxy) is 1. The summed E-state index contributed by atoms with van der Waals surface area (Å²) in [6.07, 6.45) is 8.28. The molecule has 1 aliphatic rings. The van der Waals surface area contributed by atoms with Gasteiger partial charge in [0.25, 0.3) is 5.56 Å². The molecule has 5 rings (SSSR count).